The van der Waals surface area contributed by atoms with Crippen LogP contribution in [-0.4, -0.2) is 36.2 Å². The number of hydrogen-bond donors (Lipinski definition) is 3. The highest BCUT2D eigenvalue weighted by molar-refractivity contribution is 7.19. The first kappa shape index (κ1) is 15.2. The van der Waals surface area contributed by atoms with Crippen molar-refractivity contribution in [3.8, 4) is 0 Å². The average molecular weight is 366 g/mol. The maximum Gasteiger partial charge on any atom is 0.306 e. The first-order chi connectivity index (χ1) is 12.7. The molecule has 1 aliphatic carbocycles. The van der Waals surface area contributed by atoms with E-state index in [4.69, 9.17) is 0 Å². The number of aromatic nitrogens is 5. The molecule has 0 spiro atoms. The molecule has 0 saturated heterocycles. The third-order valence-electron chi connectivity index (χ3n) is 4.77. The molecule has 1 aliphatic rings. The summed E-state index contributed by atoms with van der Waals surface area (Å²) in [6, 6.07) is 1.91. The summed E-state index contributed by atoms with van der Waals surface area (Å²) in [5.74, 6) is 0.343. The summed E-state index contributed by atoms with van der Waals surface area (Å²) in [7, 11) is 0. The number of aliphatic carboxylic acids is 1. The molecule has 0 saturated carbocycles. The Morgan fingerprint density at radius 3 is 3.12 bits per heavy atom. The minimum atomic E-state index is -0.727. The predicted octanol–water partition coefficient (Wildman–Crippen LogP) is 2.90. The average Bonchev–Trinajstić information content (AvgIpc) is 3.25. The Morgan fingerprint density at radius 1 is 1.31 bits per heavy atom. The largest absolute Gasteiger partial charge is 0.481 e. The molecule has 0 amide bonds. The van der Waals surface area contributed by atoms with E-state index in [9.17, 15) is 9.90 Å². The van der Waals surface area contributed by atoms with Gasteiger partial charge in [0.25, 0.3) is 0 Å². The van der Waals surface area contributed by atoms with Gasteiger partial charge in [-0.2, -0.15) is 5.10 Å². The molecule has 5 rings (SSSR count). The molecule has 0 bridgehead atoms. The van der Waals surface area contributed by atoms with Crippen LogP contribution in [0.5, 0.6) is 0 Å². The fourth-order valence-electron chi connectivity index (χ4n) is 3.45. The van der Waals surface area contributed by atoms with Gasteiger partial charge < -0.3 is 10.4 Å². The van der Waals surface area contributed by atoms with Gasteiger partial charge in [-0.3, -0.25) is 9.89 Å². The molecule has 1 atom stereocenters. The highest BCUT2D eigenvalue weighted by Gasteiger charge is 2.28. The Labute approximate surface area is 151 Å². The quantitative estimate of drug-likeness (QED) is 0.510. The standard InChI is InChI=1S/C17H14N6O2S/c24-17(25)8-1-2-10-12(3-8)26-16-14(10)15(19-7-20-16)22-13-4-9-5-21-23-11(9)6-18-13/h4-8H,1-3H2,(H,21,23)(H,24,25)(H,18,19,20,22)/t8-/m0/s1. The van der Waals surface area contributed by atoms with E-state index >= 15 is 0 Å². The van der Waals surface area contributed by atoms with Gasteiger partial charge in [-0.1, -0.05) is 0 Å². The summed E-state index contributed by atoms with van der Waals surface area (Å²) >= 11 is 1.56. The van der Waals surface area contributed by atoms with Gasteiger partial charge in [-0.25, -0.2) is 15.0 Å². The van der Waals surface area contributed by atoms with Crippen molar-refractivity contribution in [3.05, 3.63) is 35.2 Å². The van der Waals surface area contributed by atoms with E-state index < -0.39 is 5.97 Å². The number of anilines is 2. The molecule has 0 fully saturated rings. The Bertz CT molecular complexity index is 1150. The van der Waals surface area contributed by atoms with Crippen LogP contribution in [0, 0.1) is 5.92 Å². The van der Waals surface area contributed by atoms with E-state index in [0.29, 0.717) is 24.5 Å². The van der Waals surface area contributed by atoms with Crippen molar-refractivity contribution in [2.45, 2.75) is 19.3 Å². The number of aryl methyl sites for hydroxylation is 1. The highest BCUT2D eigenvalue weighted by atomic mass is 32.1. The van der Waals surface area contributed by atoms with Gasteiger partial charge in [-0.05, 0) is 30.9 Å². The van der Waals surface area contributed by atoms with Crippen molar-refractivity contribution in [2.75, 3.05) is 5.32 Å². The fourth-order valence-corrected chi connectivity index (χ4v) is 4.72. The van der Waals surface area contributed by atoms with Crippen LogP contribution in [0.1, 0.15) is 16.9 Å². The molecule has 3 N–H and O–H groups in total. The normalized spacial score (nSPS) is 16.7. The lowest BCUT2D eigenvalue weighted by atomic mass is 9.88. The number of carbonyl (C=O) groups is 1. The van der Waals surface area contributed by atoms with E-state index in [0.717, 1.165) is 38.0 Å². The van der Waals surface area contributed by atoms with Crippen LogP contribution < -0.4 is 5.32 Å². The van der Waals surface area contributed by atoms with Gasteiger partial charge in [-0.15, -0.1) is 11.3 Å². The molecule has 130 valence electrons. The first-order valence-corrected chi connectivity index (χ1v) is 9.05. The Morgan fingerprint density at radius 2 is 2.23 bits per heavy atom. The van der Waals surface area contributed by atoms with Crippen molar-refractivity contribution >= 4 is 50.1 Å². The van der Waals surface area contributed by atoms with E-state index in [1.54, 1.807) is 23.7 Å². The van der Waals surface area contributed by atoms with Crippen LogP contribution in [0.2, 0.25) is 0 Å². The van der Waals surface area contributed by atoms with Gasteiger partial charge in [0.1, 0.15) is 22.8 Å². The fraction of sp³-hybridized carbons (Fsp3) is 0.235. The second kappa shape index (κ2) is 5.73. The Kier molecular flexibility index (Phi) is 3.35. The number of carboxylic acids is 1. The number of nitrogens with one attached hydrogen (secondary N) is 2. The molecule has 0 unspecified atom stereocenters. The number of H-pyrrole nitrogens is 1. The number of hydrogen-bond acceptors (Lipinski definition) is 7. The number of aromatic amines is 1. The predicted molar refractivity (Wildman–Crippen MR) is 97.7 cm³/mol. The monoisotopic (exact) mass is 366 g/mol. The lowest BCUT2D eigenvalue weighted by Crippen LogP contribution is -2.21. The number of fused-ring (bicyclic) bond motifs is 4. The van der Waals surface area contributed by atoms with E-state index in [-0.39, 0.29) is 5.92 Å². The molecule has 0 aliphatic heterocycles. The van der Waals surface area contributed by atoms with E-state index in [1.807, 2.05) is 6.07 Å². The van der Waals surface area contributed by atoms with Crippen molar-refractivity contribution in [3.63, 3.8) is 0 Å². The number of carboxylic acid groups (broad SMARTS) is 1. The van der Waals surface area contributed by atoms with Crippen LogP contribution in [-0.2, 0) is 17.6 Å². The van der Waals surface area contributed by atoms with Crippen LogP contribution in [0.15, 0.2) is 24.8 Å². The minimum absolute atomic E-state index is 0.315. The van der Waals surface area contributed by atoms with Gasteiger partial charge >= 0.3 is 5.97 Å². The maximum atomic E-state index is 11.3. The SMILES string of the molecule is O=C(O)[C@H]1CCc2c(sc3ncnc(Nc4cc5cn[nH]c5cn4)c23)C1. The van der Waals surface area contributed by atoms with Crippen molar-refractivity contribution < 1.29 is 9.90 Å². The molecule has 0 aromatic carbocycles. The molecular formula is C17H14N6O2S. The van der Waals surface area contributed by atoms with Crippen LogP contribution >= 0.6 is 11.3 Å². The lowest BCUT2D eigenvalue weighted by molar-refractivity contribution is -0.142. The maximum absolute atomic E-state index is 11.3. The molecule has 4 heterocycles. The molecule has 26 heavy (non-hydrogen) atoms. The zero-order valence-electron chi connectivity index (χ0n) is 13.6. The molecule has 0 radical (unpaired) electrons. The molecule has 4 aromatic heterocycles. The van der Waals surface area contributed by atoms with Crippen molar-refractivity contribution in [2.24, 2.45) is 5.92 Å². The zero-order chi connectivity index (χ0) is 17.7. The van der Waals surface area contributed by atoms with Crippen LogP contribution in [0.25, 0.3) is 21.1 Å². The Balaban J connectivity index is 1.57. The highest BCUT2D eigenvalue weighted by Crippen LogP contribution is 2.40. The van der Waals surface area contributed by atoms with Crippen molar-refractivity contribution in [1.29, 1.82) is 0 Å². The number of nitrogens with zero attached hydrogens (tertiary/aromatic N) is 4. The number of rotatable bonds is 3. The summed E-state index contributed by atoms with van der Waals surface area (Å²) in [6.45, 7) is 0. The summed E-state index contributed by atoms with van der Waals surface area (Å²) < 4.78 is 0. The molecule has 8 nitrogen and oxygen atoms in total. The summed E-state index contributed by atoms with van der Waals surface area (Å²) in [5, 5.41) is 21.4. The van der Waals surface area contributed by atoms with Gasteiger partial charge in [0.15, 0.2) is 0 Å². The van der Waals surface area contributed by atoms with Crippen molar-refractivity contribution in [1.82, 2.24) is 25.1 Å². The van der Waals surface area contributed by atoms with E-state index in [2.05, 4.69) is 30.5 Å². The van der Waals surface area contributed by atoms with E-state index in [1.165, 1.54) is 6.33 Å². The third kappa shape index (κ3) is 2.39. The summed E-state index contributed by atoms with van der Waals surface area (Å²) in [6.07, 6.45) is 6.92. The van der Waals surface area contributed by atoms with Crippen LogP contribution in [0.4, 0.5) is 11.6 Å². The molecule has 9 heteroatoms. The second-order valence-corrected chi connectivity index (χ2v) is 7.42. The van der Waals surface area contributed by atoms with Crippen LogP contribution in [0.3, 0.4) is 0 Å². The third-order valence-corrected chi connectivity index (χ3v) is 5.93. The minimum Gasteiger partial charge on any atom is -0.481 e. The molecular weight excluding hydrogens is 352 g/mol. The zero-order valence-corrected chi connectivity index (χ0v) is 14.4. The lowest BCUT2D eigenvalue weighted by Gasteiger charge is -2.18. The van der Waals surface area contributed by atoms with Gasteiger partial charge in [0.05, 0.1) is 29.2 Å². The molecule has 4 aromatic rings. The number of pyridine rings is 1. The smallest absolute Gasteiger partial charge is 0.306 e. The summed E-state index contributed by atoms with van der Waals surface area (Å²) in [4.78, 5) is 26.5. The Hall–Kier alpha value is -3.07. The summed E-state index contributed by atoms with van der Waals surface area (Å²) in [5.41, 5.74) is 2.03. The number of thiophene rings is 1. The second-order valence-electron chi connectivity index (χ2n) is 6.34. The van der Waals surface area contributed by atoms with Gasteiger partial charge in [0, 0.05) is 10.3 Å². The first-order valence-electron chi connectivity index (χ1n) is 8.23. The topological polar surface area (TPSA) is 117 Å². The van der Waals surface area contributed by atoms with Gasteiger partial charge in [0.2, 0.25) is 0 Å².